The first-order valence-electron chi connectivity index (χ1n) is 8.66. The van der Waals surface area contributed by atoms with Gasteiger partial charge >= 0.3 is 6.61 Å². The quantitative estimate of drug-likeness (QED) is 0.487. The van der Waals surface area contributed by atoms with Crippen molar-refractivity contribution in [1.29, 1.82) is 0 Å². The van der Waals surface area contributed by atoms with Crippen LogP contribution in [-0.2, 0) is 9.53 Å². The number of thioether (sulfide) groups is 1. The summed E-state index contributed by atoms with van der Waals surface area (Å²) in [6.45, 7) is 1.40. The number of hydrogen-bond donors (Lipinski definition) is 0. The number of amides is 1. The number of ether oxygens (including phenoxy) is 3. The molecule has 0 aromatic heterocycles. The molecule has 0 bridgehead atoms. The van der Waals surface area contributed by atoms with E-state index in [0.29, 0.717) is 34.5 Å². The second-order valence-corrected chi connectivity index (χ2v) is 7.75. The molecule has 0 spiro atoms. The van der Waals surface area contributed by atoms with E-state index in [9.17, 15) is 13.6 Å². The summed E-state index contributed by atoms with van der Waals surface area (Å²) < 4.78 is 40.2. The van der Waals surface area contributed by atoms with E-state index in [4.69, 9.17) is 21.7 Å². The van der Waals surface area contributed by atoms with Gasteiger partial charge in [-0.2, -0.15) is 8.78 Å². The Morgan fingerprint density at radius 1 is 1.29 bits per heavy atom. The number of benzene rings is 1. The number of alkyl halides is 2. The predicted molar refractivity (Wildman–Crippen MR) is 107 cm³/mol. The standard InChI is InChI=1S/C18H20F2N2O4S2/c1-24-14-10-12(2-3-13(14)26-17(19)20)11-15-16(23)22(18(27)28-15)5-4-21-6-8-25-9-7-21/h2-3,10-11,17H,4-9H2,1H3. The van der Waals surface area contributed by atoms with E-state index in [1.165, 1.54) is 31.0 Å². The lowest BCUT2D eigenvalue weighted by atomic mass is 10.2. The first-order valence-corrected chi connectivity index (χ1v) is 9.88. The molecule has 0 N–H and O–H groups in total. The van der Waals surface area contributed by atoms with Crippen molar-refractivity contribution < 1.29 is 27.8 Å². The Morgan fingerprint density at radius 2 is 2.04 bits per heavy atom. The number of morpholine rings is 1. The molecule has 1 aromatic carbocycles. The molecule has 0 unspecified atom stereocenters. The van der Waals surface area contributed by atoms with Gasteiger partial charge in [-0.25, -0.2) is 0 Å². The highest BCUT2D eigenvalue weighted by molar-refractivity contribution is 8.26. The molecular weight excluding hydrogens is 410 g/mol. The Morgan fingerprint density at radius 3 is 2.71 bits per heavy atom. The van der Waals surface area contributed by atoms with Crippen LogP contribution in [0.2, 0.25) is 0 Å². The van der Waals surface area contributed by atoms with Crippen LogP contribution >= 0.6 is 24.0 Å². The van der Waals surface area contributed by atoms with Crippen molar-refractivity contribution in [2.45, 2.75) is 6.61 Å². The van der Waals surface area contributed by atoms with Gasteiger partial charge in [-0.3, -0.25) is 14.6 Å². The second kappa shape index (κ2) is 9.64. The fourth-order valence-electron chi connectivity index (χ4n) is 2.88. The van der Waals surface area contributed by atoms with Crippen LogP contribution in [0.1, 0.15) is 5.56 Å². The highest BCUT2D eigenvalue weighted by Crippen LogP contribution is 2.35. The molecule has 152 valence electrons. The number of halogens is 2. The average Bonchev–Trinajstić information content (AvgIpc) is 2.94. The highest BCUT2D eigenvalue weighted by atomic mass is 32.2. The van der Waals surface area contributed by atoms with Crippen LogP contribution in [0.3, 0.4) is 0 Å². The van der Waals surface area contributed by atoms with Crippen LogP contribution in [0.25, 0.3) is 6.08 Å². The highest BCUT2D eigenvalue weighted by Gasteiger charge is 2.32. The first-order chi connectivity index (χ1) is 13.5. The van der Waals surface area contributed by atoms with Crippen molar-refractivity contribution in [1.82, 2.24) is 9.80 Å². The fraction of sp³-hybridized carbons (Fsp3) is 0.444. The van der Waals surface area contributed by atoms with E-state index in [-0.39, 0.29) is 17.4 Å². The minimum absolute atomic E-state index is 0.0623. The van der Waals surface area contributed by atoms with Crippen molar-refractivity contribution in [2.24, 2.45) is 0 Å². The molecule has 28 heavy (non-hydrogen) atoms. The summed E-state index contributed by atoms with van der Waals surface area (Å²) in [5.74, 6) is -0.0558. The van der Waals surface area contributed by atoms with Gasteiger partial charge in [0.1, 0.15) is 4.32 Å². The topological polar surface area (TPSA) is 51.2 Å². The van der Waals surface area contributed by atoms with Gasteiger partial charge in [0.25, 0.3) is 5.91 Å². The molecular formula is C18H20F2N2O4S2. The Kier molecular flexibility index (Phi) is 7.22. The maximum absolute atomic E-state index is 12.7. The molecule has 0 atom stereocenters. The summed E-state index contributed by atoms with van der Waals surface area (Å²) in [5.41, 5.74) is 0.632. The molecule has 2 saturated heterocycles. The Bertz CT molecular complexity index is 770. The van der Waals surface area contributed by atoms with Crippen LogP contribution in [0.4, 0.5) is 8.78 Å². The molecule has 1 amide bonds. The number of rotatable bonds is 7. The zero-order valence-electron chi connectivity index (χ0n) is 15.2. The van der Waals surface area contributed by atoms with Crippen LogP contribution in [0.15, 0.2) is 23.1 Å². The summed E-state index contributed by atoms with van der Waals surface area (Å²) in [4.78, 5) is 17.0. The van der Waals surface area contributed by atoms with E-state index < -0.39 is 6.61 Å². The minimum atomic E-state index is -2.94. The van der Waals surface area contributed by atoms with Gasteiger partial charge in [0.05, 0.1) is 25.2 Å². The number of carbonyl (C=O) groups is 1. The summed E-state index contributed by atoms with van der Waals surface area (Å²) in [6, 6.07) is 4.51. The SMILES string of the molecule is COc1cc(C=C2SC(=S)N(CCN3CCOCC3)C2=O)ccc1OC(F)F. The maximum atomic E-state index is 12.7. The predicted octanol–water partition coefficient (Wildman–Crippen LogP) is 2.83. The van der Waals surface area contributed by atoms with E-state index in [0.717, 1.165) is 19.6 Å². The molecule has 2 heterocycles. The molecule has 0 aliphatic carbocycles. The third kappa shape index (κ3) is 5.19. The molecule has 2 aliphatic rings. The third-order valence-electron chi connectivity index (χ3n) is 4.32. The Labute approximate surface area is 171 Å². The average molecular weight is 430 g/mol. The smallest absolute Gasteiger partial charge is 0.387 e. The lowest BCUT2D eigenvalue weighted by Crippen LogP contribution is -2.42. The largest absolute Gasteiger partial charge is 0.493 e. The molecule has 1 aromatic rings. The van der Waals surface area contributed by atoms with Crippen molar-refractivity contribution in [3.05, 3.63) is 28.7 Å². The third-order valence-corrected chi connectivity index (χ3v) is 5.70. The summed E-state index contributed by atoms with van der Waals surface area (Å²) in [7, 11) is 1.36. The molecule has 6 nitrogen and oxygen atoms in total. The van der Waals surface area contributed by atoms with E-state index in [2.05, 4.69) is 9.64 Å². The number of carbonyl (C=O) groups excluding carboxylic acids is 1. The lowest BCUT2D eigenvalue weighted by Gasteiger charge is -2.28. The van der Waals surface area contributed by atoms with Gasteiger partial charge in [0, 0.05) is 26.2 Å². The van der Waals surface area contributed by atoms with Gasteiger partial charge in [-0.1, -0.05) is 30.0 Å². The van der Waals surface area contributed by atoms with Gasteiger partial charge in [0.15, 0.2) is 11.5 Å². The van der Waals surface area contributed by atoms with Crippen molar-refractivity contribution in [3.8, 4) is 11.5 Å². The second-order valence-electron chi connectivity index (χ2n) is 6.08. The molecule has 0 radical (unpaired) electrons. The first kappa shape index (κ1) is 21.0. The monoisotopic (exact) mass is 430 g/mol. The Balaban J connectivity index is 1.68. The van der Waals surface area contributed by atoms with E-state index >= 15 is 0 Å². The number of thiocarbonyl (C=S) groups is 1. The molecule has 10 heteroatoms. The molecule has 2 aliphatic heterocycles. The van der Waals surface area contributed by atoms with Gasteiger partial charge in [0.2, 0.25) is 0 Å². The zero-order valence-corrected chi connectivity index (χ0v) is 16.9. The van der Waals surface area contributed by atoms with Crippen molar-refractivity contribution in [2.75, 3.05) is 46.5 Å². The minimum Gasteiger partial charge on any atom is -0.493 e. The van der Waals surface area contributed by atoms with Crippen LogP contribution < -0.4 is 9.47 Å². The molecule has 0 saturated carbocycles. The summed E-state index contributed by atoms with van der Waals surface area (Å²) >= 11 is 6.58. The fourth-order valence-corrected chi connectivity index (χ4v) is 4.19. The normalized spacial score (nSPS) is 19.7. The summed E-state index contributed by atoms with van der Waals surface area (Å²) in [5, 5.41) is 0. The van der Waals surface area contributed by atoms with Crippen molar-refractivity contribution in [3.63, 3.8) is 0 Å². The number of hydrogen-bond acceptors (Lipinski definition) is 7. The van der Waals surface area contributed by atoms with Gasteiger partial charge < -0.3 is 14.2 Å². The molecule has 3 rings (SSSR count). The van der Waals surface area contributed by atoms with Gasteiger partial charge in [-0.15, -0.1) is 0 Å². The Hall–Kier alpha value is -1.75. The maximum Gasteiger partial charge on any atom is 0.387 e. The lowest BCUT2D eigenvalue weighted by molar-refractivity contribution is -0.122. The van der Waals surface area contributed by atoms with Crippen LogP contribution in [-0.4, -0.2) is 73.1 Å². The van der Waals surface area contributed by atoms with Gasteiger partial charge in [-0.05, 0) is 23.8 Å². The number of nitrogens with zero attached hydrogens (tertiary/aromatic N) is 2. The molecule has 2 fully saturated rings. The van der Waals surface area contributed by atoms with E-state index in [1.54, 1.807) is 17.0 Å². The van der Waals surface area contributed by atoms with Crippen molar-refractivity contribution >= 4 is 40.3 Å². The van der Waals surface area contributed by atoms with Crippen LogP contribution in [0.5, 0.6) is 11.5 Å². The summed E-state index contributed by atoms with van der Waals surface area (Å²) in [6.07, 6.45) is 1.67. The zero-order chi connectivity index (χ0) is 20.1. The van der Waals surface area contributed by atoms with E-state index in [1.807, 2.05) is 0 Å². The van der Waals surface area contributed by atoms with Crippen LogP contribution in [0, 0.1) is 0 Å². The number of methoxy groups -OCH3 is 1.